The molecule has 0 saturated carbocycles. The summed E-state index contributed by atoms with van der Waals surface area (Å²) in [4.78, 5) is 24.5. The molecule has 118 valence electrons. The maximum Gasteiger partial charge on any atom is 0.355 e. The Hall–Kier alpha value is -2.88. The molecule has 2 aromatic rings. The monoisotopic (exact) mass is 309 g/mol. The summed E-state index contributed by atoms with van der Waals surface area (Å²) < 4.78 is 5.20. The van der Waals surface area contributed by atoms with Gasteiger partial charge in [0, 0.05) is 5.56 Å². The number of carbonyl (C=O) groups is 2. The van der Waals surface area contributed by atoms with Crippen molar-refractivity contribution in [1.82, 2.24) is 5.32 Å². The second kappa shape index (κ2) is 7.94. The third-order valence-electron chi connectivity index (χ3n) is 2.96. The highest BCUT2D eigenvalue weighted by molar-refractivity contribution is 6.03. The van der Waals surface area contributed by atoms with Crippen LogP contribution in [-0.4, -0.2) is 18.0 Å². The Kier molecular flexibility index (Phi) is 5.69. The summed E-state index contributed by atoms with van der Waals surface area (Å²) >= 11 is 0. The zero-order valence-corrected chi connectivity index (χ0v) is 13.2. The Morgan fingerprint density at radius 3 is 2.09 bits per heavy atom. The van der Waals surface area contributed by atoms with Gasteiger partial charge in [-0.1, -0.05) is 48.5 Å². The van der Waals surface area contributed by atoms with Gasteiger partial charge in [-0.15, -0.1) is 0 Å². The fraction of sp³-hybridized carbons (Fsp3) is 0.158. The van der Waals surface area contributed by atoms with Gasteiger partial charge in [-0.05, 0) is 37.6 Å². The van der Waals surface area contributed by atoms with Gasteiger partial charge < -0.3 is 10.1 Å². The third kappa shape index (κ3) is 5.11. The molecule has 0 heterocycles. The van der Waals surface area contributed by atoms with E-state index in [9.17, 15) is 9.59 Å². The van der Waals surface area contributed by atoms with Crippen molar-refractivity contribution in [2.45, 2.75) is 20.0 Å². The van der Waals surface area contributed by atoms with E-state index >= 15 is 0 Å². The maximum atomic E-state index is 12.3. The van der Waals surface area contributed by atoms with Crippen molar-refractivity contribution in [3.63, 3.8) is 0 Å². The van der Waals surface area contributed by atoms with E-state index in [-0.39, 0.29) is 17.7 Å². The Bertz CT molecular complexity index is 691. The summed E-state index contributed by atoms with van der Waals surface area (Å²) in [6.45, 7) is 3.52. The Labute approximate surface area is 135 Å². The van der Waals surface area contributed by atoms with Crippen LogP contribution in [0.3, 0.4) is 0 Å². The van der Waals surface area contributed by atoms with Crippen molar-refractivity contribution in [2.24, 2.45) is 0 Å². The number of ether oxygens (including phenoxy) is 1. The van der Waals surface area contributed by atoms with Gasteiger partial charge in [-0.2, -0.15) is 0 Å². The molecule has 0 aliphatic heterocycles. The molecule has 0 fully saturated rings. The van der Waals surface area contributed by atoms with Crippen molar-refractivity contribution in [3.8, 4) is 0 Å². The lowest BCUT2D eigenvalue weighted by atomic mass is 10.1. The predicted octanol–water partition coefficient (Wildman–Crippen LogP) is 3.41. The number of carbonyl (C=O) groups excluding carboxylic acids is 2. The molecule has 0 saturated heterocycles. The number of amides is 1. The van der Waals surface area contributed by atoms with Crippen molar-refractivity contribution >= 4 is 18.0 Å². The van der Waals surface area contributed by atoms with Gasteiger partial charge in [0.15, 0.2) is 0 Å². The van der Waals surface area contributed by atoms with E-state index in [0.29, 0.717) is 5.56 Å². The van der Waals surface area contributed by atoms with E-state index in [4.69, 9.17) is 4.74 Å². The molecule has 0 radical (unpaired) electrons. The van der Waals surface area contributed by atoms with Crippen molar-refractivity contribution in [3.05, 3.63) is 77.5 Å². The lowest BCUT2D eigenvalue weighted by Gasteiger charge is -2.12. The molecular formula is C19H19NO3. The Morgan fingerprint density at radius 2 is 1.52 bits per heavy atom. The van der Waals surface area contributed by atoms with Crippen molar-refractivity contribution in [2.75, 3.05) is 0 Å². The third-order valence-corrected chi connectivity index (χ3v) is 2.96. The highest BCUT2D eigenvalue weighted by Crippen LogP contribution is 2.09. The van der Waals surface area contributed by atoms with Crippen molar-refractivity contribution < 1.29 is 14.3 Å². The molecule has 0 unspecified atom stereocenters. The smallest absolute Gasteiger partial charge is 0.355 e. The quantitative estimate of drug-likeness (QED) is 0.680. The lowest BCUT2D eigenvalue weighted by molar-refractivity contribution is -0.142. The van der Waals surface area contributed by atoms with Gasteiger partial charge in [0.05, 0.1) is 6.10 Å². The molecule has 23 heavy (non-hydrogen) atoms. The summed E-state index contributed by atoms with van der Waals surface area (Å²) in [5, 5.41) is 2.63. The fourth-order valence-electron chi connectivity index (χ4n) is 1.92. The first-order valence-electron chi connectivity index (χ1n) is 7.40. The molecular weight excluding hydrogens is 290 g/mol. The molecule has 0 aromatic heterocycles. The molecule has 0 aliphatic rings. The Balaban J connectivity index is 2.25. The summed E-state index contributed by atoms with van der Waals surface area (Å²) in [7, 11) is 0. The molecule has 1 amide bonds. The number of rotatable bonds is 5. The topological polar surface area (TPSA) is 55.4 Å². The van der Waals surface area contributed by atoms with Gasteiger partial charge in [0.1, 0.15) is 5.70 Å². The van der Waals surface area contributed by atoms with E-state index in [2.05, 4.69) is 5.32 Å². The number of benzene rings is 2. The summed E-state index contributed by atoms with van der Waals surface area (Å²) in [6, 6.07) is 18.0. The SMILES string of the molecule is CC(C)OC(=O)/C(=C\c1ccccc1)NC(=O)c1ccccc1. The summed E-state index contributed by atoms with van der Waals surface area (Å²) in [6.07, 6.45) is 1.33. The fourth-order valence-corrected chi connectivity index (χ4v) is 1.92. The first-order chi connectivity index (χ1) is 11.1. The van der Waals surface area contributed by atoms with Crippen LogP contribution in [0.15, 0.2) is 66.4 Å². The van der Waals surface area contributed by atoms with E-state index < -0.39 is 5.97 Å². The van der Waals surface area contributed by atoms with Gasteiger partial charge >= 0.3 is 5.97 Å². The Morgan fingerprint density at radius 1 is 0.957 bits per heavy atom. The molecule has 1 N–H and O–H groups in total. The highest BCUT2D eigenvalue weighted by atomic mass is 16.5. The second-order valence-corrected chi connectivity index (χ2v) is 5.24. The molecule has 0 aliphatic carbocycles. The minimum absolute atomic E-state index is 0.110. The average molecular weight is 309 g/mol. The number of nitrogens with one attached hydrogen (secondary N) is 1. The van der Waals surface area contributed by atoms with Crippen LogP contribution in [0.5, 0.6) is 0 Å². The van der Waals surface area contributed by atoms with Crippen LogP contribution in [0.2, 0.25) is 0 Å². The predicted molar refractivity (Wildman–Crippen MR) is 89.6 cm³/mol. The largest absolute Gasteiger partial charge is 0.458 e. The van der Waals surface area contributed by atoms with E-state index in [0.717, 1.165) is 5.56 Å². The zero-order chi connectivity index (χ0) is 16.7. The first kappa shape index (κ1) is 16.5. The number of hydrogen-bond acceptors (Lipinski definition) is 3. The van der Waals surface area contributed by atoms with Gasteiger partial charge in [0.25, 0.3) is 5.91 Å². The van der Waals surface area contributed by atoms with Crippen LogP contribution in [-0.2, 0) is 9.53 Å². The normalized spacial score (nSPS) is 11.2. The summed E-state index contributed by atoms with van der Waals surface area (Å²) in [5.74, 6) is -0.915. The molecule has 4 nitrogen and oxygen atoms in total. The van der Waals surface area contributed by atoms with E-state index in [1.165, 1.54) is 0 Å². The molecule has 0 bridgehead atoms. The van der Waals surface area contributed by atoms with Crippen LogP contribution in [0.4, 0.5) is 0 Å². The zero-order valence-electron chi connectivity index (χ0n) is 13.2. The van der Waals surface area contributed by atoms with Gasteiger partial charge in [0.2, 0.25) is 0 Å². The van der Waals surface area contributed by atoms with Crippen LogP contribution < -0.4 is 5.32 Å². The van der Waals surface area contributed by atoms with E-state index in [1.54, 1.807) is 44.2 Å². The molecule has 0 atom stereocenters. The standard InChI is InChI=1S/C19H19NO3/c1-14(2)23-19(22)17(13-15-9-5-3-6-10-15)20-18(21)16-11-7-4-8-12-16/h3-14H,1-2H3,(H,20,21)/b17-13+. The number of hydrogen-bond donors (Lipinski definition) is 1. The van der Waals surface area contributed by atoms with Crippen LogP contribution in [0.25, 0.3) is 6.08 Å². The van der Waals surface area contributed by atoms with Crippen LogP contribution in [0, 0.1) is 0 Å². The van der Waals surface area contributed by atoms with Gasteiger partial charge in [-0.25, -0.2) is 4.79 Å². The average Bonchev–Trinajstić information content (AvgIpc) is 2.55. The molecule has 4 heteroatoms. The number of esters is 1. The van der Waals surface area contributed by atoms with E-state index in [1.807, 2.05) is 36.4 Å². The summed E-state index contributed by atoms with van der Waals surface area (Å²) in [5.41, 5.74) is 1.39. The lowest BCUT2D eigenvalue weighted by Crippen LogP contribution is -2.29. The minimum Gasteiger partial charge on any atom is -0.458 e. The van der Waals surface area contributed by atoms with Crippen LogP contribution in [0.1, 0.15) is 29.8 Å². The van der Waals surface area contributed by atoms with Crippen LogP contribution >= 0.6 is 0 Å². The second-order valence-electron chi connectivity index (χ2n) is 5.24. The molecule has 2 aromatic carbocycles. The molecule has 2 rings (SSSR count). The minimum atomic E-state index is -0.562. The molecule has 0 spiro atoms. The van der Waals surface area contributed by atoms with Crippen molar-refractivity contribution in [1.29, 1.82) is 0 Å². The first-order valence-corrected chi connectivity index (χ1v) is 7.40. The van der Waals surface area contributed by atoms with Gasteiger partial charge in [-0.3, -0.25) is 4.79 Å². The highest BCUT2D eigenvalue weighted by Gasteiger charge is 2.16. The maximum absolute atomic E-state index is 12.3.